The molecule has 0 N–H and O–H groups in total. The molecule has 9 heteroatoms. The summed E-state index contributed by atoms with van der Waals surface area (Å²) in [5.74, 6) is 0.604. The van der Waals surface area contributed by atoms with Crippen LogP contribution in [0.2, 0.25) is 36.3 Å². The molecular formula is C44H66O7Si2. The summed E-state index contributed by atoms with van der Waals surface area (Å²) in [6, 6.07) is 14.0. The molecule has 53 heavy (non-hydrogen) atoms. The van der Waals surface area contributed by atoms with Crippen LogP contribution >= 0.6 is 0 Å². The number of carbonyl (C=O) groups excluding carboxylic acids is 2. The van der Waals surface area contributed by atoms with Crippen LogP contribution in [0.3, 0.4) is 0 Å². The van der Waals surface area contributed by atoms with Crippen LogP contribution in [0.25, 0.3) is 10.8 Å². The van der Waals surface area contributed by atoms with E-state index in [1.165, 1.54) is 5.57 Å². The van der Waals surface area contributed by atoms with Crippen LogP contribution in [0.15, 0.2) is 66.3 Å². The summed E-state index contributed by atoms with van der Waals surface area (Å²) in [5.41, 5.74) is 1.17. The summed E-state index contributed by atoms with van der Waals surface area (Å²) in [5, 5.41) is 2.14. The quantitative estimate of drug-likeness (QED) is 0.157. The summed E-state index contributed by atoms with van der Waals surface area (Å²) in [7, 11) is -4.17. The molecule has 1 saturated heterocycles. The Balaban J connectivity index is 1.38. The second-order valence-electron chi connectivity index (χ2n) is 18.8. The summed E-state index contributed by atoms with van der Waals surface area (Å²) < 4.78 is 32.7. The van der Waals surface area contributed by atoms with E-state index in [0.717, 1.165) is 23.6 Å². The minimum Gasteiger partial charge on any atom is -0.478 e. The minimum atomic E-state index is -2.13. The first-order chi connectivity index (χ1) is 24.7. The van der Waals surface area contributed by atoms with Crippen LogP contribution in [-0.4, -0.2) is 59.1 Å². The fourth-order valence-corrected chi connectivity index (χ4v) is 10.3. The maximum atomic E-state index is 14.2. The van der Waals surface area contributed by atoms with Gasteiger partial charge in [0.1, 0.15) is 18.0 Å². The van der Waals surface area contributed by atoms with Crippen LogP contribution < -0.4 is 4.74 Å². The van der Waals surface area contributed by atoms with E-state index in [1.54, 1.807) is 0 Å². The Morgan fingerprint density at radius 3 is 2.25 bits per heavy atom. The molecule has 1 heterocycles. The lowest BCUT2D eigenvalue weighted by atomic mass is 9.66. The third-order valence-electron chi connectivity index (χ3n) is 12.8. The summed E-state index contributed by atoms with van der Waals surface area (Å²) in [4.78, 5) is 27.0. The molecule has 0 bridgehead atoms. The van der Waals surface area contributed by atoms with Gasteiger partial charge in [-0.3, -0.25) is 4.79 Å². The monoisotopic (exact) mass is 762 g/mol. The molecule has 5 rings (SSSR count). The van der Waals surface area contributed by atoms with Crippen molar-refractivity contribution in [2.24, 2.45) is 17.8 Å². The van der Waals surface area contributed by atoms with Crippen LogP contribution in [0, 0.1) is 17.8 Å². The van der Waals surface area contributed by atoms with Crippen molar-refractivity contribution in [2.45, 2.75) is 161 Å². The van der Waals surface area contributed by atoms with Gasteiger partial charge in [0.05, 0.1) is 18.6 Å². The highest BCUT2D eigenvalue weighted by atomic mass is 28.4. The molecule has 3 aliphatic rings. The van der Waals surface area contributed by atoms with Gasteiger partial charge in [-0.2, -0.15) is 0 Å². The van der Waals surface area contributed by atoms with Crippen molar-refractivity contribution in [2.75, 3.05) is 0 Å². The molecule has 1 fully saturated rings. The zero-order chi connectivity index (χ0) is 38.9. The molecule has 2 aliphatic carbocycles. The first-order valence-corrected chi connectivity index (χ1v) is 25.8. The average Bonchev–Trinajstić information content (AvgIpc) is 3.05. The number of hydrogen-bond acceptors (Lipinski definition) is 7. The summed E-state index contributed by atoms with van der Waals surface area (Å²) >= 11 is 0. The number of cyclic esters (lactones) is 1. The molecule has 0 radical (unpaired) electrons. The molecule has 0 spiro atoms. The smallest absolute Gasteiger partial charge is 0.347 e. The van der Waals surface area contributed by atoms with Gasteiger partial charge in [-0.1, -0.05) is 110 Å². The molecule has 1 aliphatic heterocycles. The fourth-order valence-electron chi connectivity index (χ4n) is 7.67. The number of benzene rings is 2. The third kappa shape index (κ3) is 9.75. The minimum absolute atomic E-state index is 0.00755. The predicted molar refractivity (Wildman–Crippen MR) is 219 cm³/mol. The third-order valence-corrected chi connectivity index (χ3v) is 21.9. The van der Waals surface area contributed by atoms with Crippen LogP contribution in [-0.2, 0) is 27.9 Å². The Kier molecular flexibility index (Phi) is 12.6. The number of ether oxygens (including phenoxy) is 3. The van der Waals surface area contributed by atoms with Crippen LogP contribution in [0.4, 0.5) is 0 Å². The van der Waals surface area contributed by atoms with E-state index in [0.29, 0.717) is 31.4 Å². The van der Waals surface area contributed by atoms with Gasteiger partial charge in [-0.05, 0) is 84.4 Å². The van der Waals surface area contributed by atoms with E-state index in [-0.39, 0.29) is 64.2 Å². The maximum absolute atomic E-state index is 14.2. The maximum Gasteiger partial charge on any atom is 0.347 e. The number of fused-ring (bicyclic) bond motifs is 2. The SMILES string of the molecule is CCC(Oc1cccc2ccccc12)C(=O)O[C@H]1C[C@H](O[Si](C)(C)C(C)(C)C)C=C2C=C[C@H](C)[C@H](CC[C@@H]3C[C@@H](O[Si](C)(C)C(C)(C)C)CC(=O)O3)[C@H]21. The predicted octanol–water partition coefficient (Wildman–Crippen LogP) is 10.9. The number of hydrogen-bond donors (Lipinski definition) is 0. The Hall–Kier alpha value is -2.73. The van der Waals surface area contributed by atoms with E-state index in [4.69, 9.17) is 23.1 Å². The lowest BCUT2D eigenvalue weighted by molar-refractivity contribution is -0.164. The molecule has 1 unspecified atom stereocenters. The highest BCUT2D eigenvalue weighted by Crippen LogP contribution is 2.47. The van der Waals surface area contributed by atoms with Gasteiger partial charge in [0.2, 0.25) is 0 Å². The van der Waals surface area contributed by atoms with E-state index in [1.807, 2.05) is 49.4 Å². The molecular weight excluding hydrogens is 697 g/mol. The van der Waals surface area contributed by atoms with Crippen molar-refractivity contribution >= 4 is 39.3 Å². The highest BCUT2D eigenvalue weighted by molar-refractivity contribution is 6.74. The lowest BCUT2D eigenvalue weighted by Crippen LogP contribution is -2.49. The number of rotatable bonds is 12. The van der Waals surface area contributed by atoms with Crippen LogP contribution in [0.5, 0.6) is 5.75 Å². The first-order valence-electron chi connectivity index (χ1n) is 20.0. The van der Waals surface area contributed by atoms with Crippen molar-refractivity contribution in [1.29, 1.82) is 0 Å². The second kappa shape index (κ2) is 16.2. The van der Waals surface area contributed by atoms with Gasteiger partial charge < -0.3 is 23.1 Å². The van der Waals surface area contributed by atoms with E-state index in [9.17, 15) is 9.59 Å². The Morgan fingerprint density at radius 2 is 1.57 bits per heavy atom. The second-order valence-corrected chi connectivity index (χ2v) is 28.3. The van der Waals surface area contributed by atoms with Crippen molar-refractivity contribution in [3.63, 3.8) is 0 Å². The molecule has 2 aromatic rings. The summed E-state index contributed by atoms with van der Waals surface area (Å²) in [6.07, 6.45) is 8.87. The molecule has 7 nitrogen and oxygen atoms in total. The Bertz CT molecular complexity index is 1660. The molecule has 292 valence electrons. The van der Waals surface area contributed by atoms with Gasteiger partial charge in [0, 0.05) is 24.1 Å². The van der Waals surface area contributed by atoms with Gasteiger partial charge in [0.25, 0.3) is 0 Å². The molecule has 0 aromatic heterocycles. The average molecular weight is 763 g/mol. The number of carbonyl (C=O) groups is 2. The lowest BCUT2D eigenvalue weighted by Gasteiger charge is -2.46. The first kappa shape index (κ1) is 41.4. The van der Waals surface area contributed by atoms with Gasteiger partial charge in [-0.15, -0.1) is 0 Å². The van der Waals surface area contributed by atoms with Crippen molar-refractivity contribution in [1.82, 2.24) is 0 Å². The Morgan fingerprint density at radius 1 is 0.906 bits per heavy atom. The molecule has 8 atom stereocenters. The summed E-state index contributed by atoms with van der Waals surface area (Å²) in [6.45, 7) is 26.7. The fraction of sp³-hybridized carbons (Fsp3) is 0.636. The standard InChI is InChI=1S/C44H66O7Si2/c1-13-37(48-38-20-16-18-30-17-14-15-19-36(30)38)42(46)49-39-27-33(50-52(9,10)43(3,4)5)25-31-22-21-29(2)35(41(31)39)24-23-32-26-34(28-40(45)47-32)51-53(11,12)44(6,7)8/h14-22,25,29,32-35,37,39,41H,13,23-24,26-28H2,1-12H3/t29-,32+,33+,34+,35-,37?,39-,41-/m0/s1. The van der Waals surface area contributed by atoms with E-state index in [2.05, 4.69) is 92.9 Å². The number of allylic oxidation sites excluding steroid dienone is 2. The van der Waals surface area contributed by atoms with Gasteiger partial charge >= 0.3 is 11.9 Å². The van der Waals surface area contributed by atoms with Crippen molar-refractivity contribution < 1.29 is 32.7 Å². The van der Waals surface area contributed by atoms with Crippen molar-refractivity contribution in [3.8, 4) is 5.75 Å². The molecule has 0 saturated carbocycles. The van der Waals surface area contributed by atoms with Crippen molar-refractivity contribution in [3.05, 3.63) is 66.3 Å². The largest absolute Gasteiger partial charge is 0.478 e. The zero-order valence-electron chi connectivity index (χ0n) is 34.5. The molecule has 2 aromatic carbocycles. The van der Waals surface area contributed by atoms with E-state index < -0.39 is 22.7 Å². The number of esters is 2. The van der Waals surface area contributed by atoms with Gasteiger partial charge in [0.15, 0.2) is 22.7 Å². The van der Waals surface area contributed by atoms with Crippen LogP contribution in [0.1, 0.15) is 93.9 Å². The zero-order valence-corrected chi connectivity index (χ0v) is 36.5. The van der Waals surface area contributed by atoms with E-state index >= 15 is 0 Å². The van der Waals surface area contributed by atoms with Gasteiger partial charge in [-0.25, -0.2) is 4.79 Å². The Labute approximate surface area is 321 Å². The molecule has 0 amide bonds. The highest BCUT2D eigenvalue weighted by Gasteiger charge is 2.47. The normalized spacial score (nSPS) is 27.4. The topological polar surface area (TPSA) is 80.3 Å².